The average molecular weight is 375 g/mol. The summed E-state index contributed by atoms with van der Waals surface area (Å²) in [5.41, 5.74) is 1.45. The van der Waals surface area contributed by atoms with Crippen LogP contribution >= 0.6 is 11.6 Å². The van der Waals surface area contributed by atoms with Crippen LogP contribution in [0.25, 0.3) is 0 Å². The van der Waals surface area contributed by atoms with Crippen molar-refractivity contribution in [1.82, 2.24) is 0 Å². The number of allylic oxidation sites excluding steroid dienone is 1. The van der Waals surface area contributed by atoms with E-state index in [2.05, 4.69) is 18.7 Å². The predicted molar refractivity (Wildman–Crippen MR) is 107 cm³/mol. The zero-order chi connectivity index (χ0) is 18.4. The SMILES string of the molecule is C=CCCC(=O)OC1CCC([C@H]2CC[C@H](c3ccc(Cl)cc3)CC2)CC1. The summed E-state index contributed by atoms with van der Waals surface area (Å²) < 4.78 is 5.62. The fourth-order valence-electron chi connectivity index (χ4n) is 4.80. The van der Waals surface area contributed by atoms with E-state index in [-0.39, 0.29) is 12.1 Å². The molecule has 2 fully saturated rings. The highest BCUT2D eigenvalue weighted by molar-refractivity contribution is 6.30. The molecule has 0 spiro atoms. The number of halogens is 1. The van der Waals surface area contributed by atoms with Gasteiger partial charge in [-0.25, -0.2) is 0 Å². The van der Waals surface area contributed by atoms with E-state index in [1.807, 2.05) is 12.1 Å². The molecular weight excluding hydrogens is 344 g/mol. The van der Waals surface area contributed by atoms with Crippen molar-refractivity contribution in [2.45, 2.75) is 76.2 Å². The van der Waals surface area contributed by atoms with Gasteiger partial charge in [-0.1, -0.05) is 29.8 Å². The Labute approximate surface area is 163 Å². The summed E-state index contributed by atoms with van der Waals surface area (Å²) in [6.45, 7) is 3.66. The molecule has 2 aliphatic rings. The number of esters is 1. The highest BCUT2D eigenvalue weighted by Crippen LogP contribution is 2.43. The Hall–Kier alpha value is -1.28. The molecular formula is C23H31ClO2. The standard InChI is InChI=1S/C23H31ClO2/c1-2-3-4-23(25)26-22-15-11-20(12-16-22)18-7-5-17(6-8-18)19-9-13-21(24)14-10-19/h2,9-10,13-14,17-18,20,22H,1,3-8,11-12,15-16H2/t17-,18-,20?,22?. The zero-order valence-electron chi connectivity index (χ0n) is 15.7. The molecule has 2 saturated carbocycles. The molecule has 0 saturated heterocycles. The maximum atomic E-state index is 11.8. The molecule has 0 aromatic heterocycles. The van der Waals surface area contributed by atoms with E-state index in [0.717, 1.165) is 29.7 Å². The molecule has 0 unspecified atom stereocenters. The zero-order valence-corrected chi connectivity index (χ0v) is 16.4. The van der Waals surface area contributed by atoms with Gasteiger partial charge in [-0.3, -0.25) is 4.79 Å². The van der Waals surface area contributed by atoms with Gasteiger partial charge in [-0.15, -0.1) is 6.58 Å². The minimum absolute atomic E-state index is 0.0585. The molecule has 0 amide bonds. The fraction of sp³-hybridized carbons (Fsp3) is 0.609. The molecule has 142 valence electrons. The van der Waals surface area contributed by atoms with Gasteiger partial charge in [-0.05, 0) is 93.2 Å². The summed E-state index contributed by atoms with van der Waals surface area (Å²) in [6.07, 6.45) is 12.9. The normalized spacial score (nSPS) is 29.1. The van der Waals surface area contributed by atoms with Crippen LogP contribution in [0.4, 0.5) is 0 Å². The van der Waals surface area contributed by atoms with Gasteiger partial charge in [0.1, 0.15) is 6.10 Å². The highest BCUT2D eigenvalue weighted by atomic mass is 35.5. The second-order valence-electron chi connectivity index (χ2n) is 8.02. The summed E-state index contributed by atoms with van der Waals surface area (Å²) in [5, 5.41) is 0.824. The summed E-state index contributed by atoms with van der Waals surface area (Å²) >= 11 is 6.01. The Morgan fingerprint density at radius 1 is 1.00 bits per heavy atom. The number of ether oxygens (including phenoxy) is 1. The van der Waals surface area contributed by atoms with Crippen molar-refractivity contribution < 1.29 is 9.53 Å². The van der Waals surface area contributed by atoms with Crippen molar-refractivity contribution in [3.05, 3.63) is 47.5 Å². The van der Waals surface area contributed by atoms with Gasteiger partial charge in [0.05, 0.1) is 0 Å². The number of carbonyl (C=O) groups excluding carboxylic acids is 1. The summed E-state index contributed by atoms with van der Waals surface area (Å²) in [4.78, 5) is 11.8. The molecule has 3 rings (SSSR count). The van der Waals surface area contributed by atoms with Crippen molar-refractivity contribution in [3.63, 3.8) is 0 Å². The van der Waals surface area contributed by atoms with Crippen molar-refractivity contribution >= 4 is 17.6 Å². The summed E-state index contributed by atoms with van der Waals surface area (Å²) in [5.74, 6) is 2.32. The van der Waals surface area contributed by atoms with Gasteiger partial charge in [0, 0.05) is 11.4 Å². The first kappa shape index (κ1) is 19.5. The van der Waals surface area contributed by atoms with E-state index < -0.39 is 0 Å². The molecule has 1 aromatic rings. The molecule has 2 nitrogen and oxygen atoms in total. The lowest BCUT2D eigenvalue weighted by Crippen LogP contribution is -2.29. The largest absolute Gasteiger partial charge is 0.462 e. The predicted octanol–water partition coefficient (Wildman–Crippen LogP) is 6.68. The first-order valence-corrected chi connectivity index (χ1v) is 10.6. The van der Waals surface area contributed by atoms with Crippen LogP contribution < -0.4 is 0 Å². The number of hydrogen-bond acceptors (Lipinski definition) is 2. The van der Waals surface area contributed by atoms with E-state index in [1.165, 1.54) is 44.1 Å². The molecule has 26 heavy (non-hydrogen) atoms. The second kappa shape index (κ2) is 9.60. The third kappa shape index (κ3) is 5.36. The topological polar surface area (TPSA) is 26.3 Å². The lowest BCUT2D eigenvalue weighted by Gasteiger charge is -2.37. The lowest BCUT2D eigenvalue weighted by atomic mass is 9.69. The number of rotatable bonds is 6. The minimum atomic E-state index is -0.0585. The molecule has 0 N–H and O–H groups in total. The van der Waals surface area contributed by atoms with E-state index in [9.17, 15) is 4.79 Å². The summed E-state index contributed by atoms with van der Waals surface area (Å²) in [7, 11) is 0. The Balaban J connectivity index is 1.40. The van der Waals surface area contributed by atoms with Crippen molar-refractivity contribution in [2.75, 3.05) is 0 Å². The average Bonchev–Trinajstić information content (AvgIpc) is 2.68. The first-order valence-electron chi connectivity index (χ1n) is 10.2. The van der Waals surface area contributed by atoms with Crippen LogP contribution in [0.3, 0.4) is 0 Å². The van der Waals surface area contributed by atoms with E-state index in [1.54, 1.807) is 6.08 Å². The molecule has 2 aliphatic carbocycles. The molecule has 0 radical (unpaired) electrons. The number of carbonyl (C=O) groups is 1. The smallest absolute Gasteiger partial charge is 0.306 e. The van der Waals surface area contributed by atoms with Gasteiger partial charge in [0.25, 0.3) is 0 Å². The maximum absolute atomic E-state index is 11.8. The molecule has 0 bridgehead atoms. The first-order chi connectivity index (χ1) is 12.7. The highest BCUT2D eigenvalue weighted by Gasteiger charge is 2.32. The Morgan fingerprint density at radius 3 is 2.15 bits per heavy atom. The quantitative estimate of drug-likeness (QED) is 0.410. The monoisotopic (exact) mass is 374 g/mol. The Bertz CT molecular complexity index is 579. The van der Waals surface area contributed by atoms with Gasteiger partial charge >= 0.3 is 5.97 Å². The van der Waals surface area contributed by atoms with Crippen LogP contribution in [0.1, 0.15) is 75.7 Å². The fourth-order valence-corrected chi connectivity index (χ4v) is 4.93. The van der Waals surface area contributed by atoms with Gasteiger partial charge in [0.15, 0.2) is 0 Å². The van der Waals surface area contributed by atoms with Crippen LogP contribution in [0.5, 0.6) is 0 Å². The molecule has 3 heteroatoms. The van der Waals surface area contributed by atoms with E-state index in [4.69, 9.17) is 16.3 Å². The van der Waals surface area contributed by atoms with Crippen LogP contribution in [-0.2, 0) is 9.53 Å². The molecule has 0 aliphatic heterocycles. The lowest BCUT2D eigenvalue weighted by molar-refractivity contribution is -0.151. The van der Waals surface area contributed by atoms with Crippen molar-refractivity contribution in [3.8, 4) is 0 Å². The van der Waals surface area contributed by atoms with Crippen LogP contribution in [-0.4, -0.2) is 12.1 Å². The van der Waals surface area contributed by atoms with Crippen LogP contribution in [0.2, 0.25) is 5.02 Å². The van der Waals surface area contributed by atoms with Gasteiger partial charge in [0.2, 0.25) is 0 Å². The maximum Gasteiger partial charge on any atom is 0.306 e. The summed E-state index contributed by atoms with van der Waals surface area (Å²) in [6, 6.07) is 8.42. The minimum Gasteiger partial charge on any atom is -0.462 e. The Kier molecular flexibility index (Phi) is 7.19. The Morgan fingerprint density at radius 2 is 1.58 bits per heavy atom. The molecule has 0 atom stereocenters. The van der Waals surface area contributed by atoms with Gasteiger partial charge < -0.3 is 4.74 Å². The molecule has 1 aromatic carbocycles. The van der Waals surface area contributed by atoms with Gasteiger partial charge in [-0.2, -0.15) is 0 Å². The van der Waals surface area contributed by atoms with Crippen molar-refractivity contribution in [1.29, 1.82) is 0 Å². The second-order valence-corrected chi connectivity index (χ2v) is 8.45. The third-order valence-electron chi connectivity index (χ3n) is 6.35. The number of hydrogen-bond donors (Lipinski definition) is 0. The number of benzene rings is 1. The molecule has 0 heterocycles. The van der Waals surface area contributed by atoms with Crippen LogP contribution in [0.15, 0.2) is 36.9 Å². The third-order valence-corrected chi connectivity index (χ3v) is 6.60. The van der Waals surface area contributed by atoms with E-state index >= 15 is 0 Å². The van der Waals surface area contributed by atoms with E-state index in [0.29, 0.717) is 18.8 Å². The van der Waals surface area contributed by atoms with Crippen molar-refractivity contribution in [2.24, 2.45) is 11.8 Å². The van der Waals surface area contributed by atoms with Crippen LogP contribution in [0, 0.1) is 11.8 Å².